The molecule has 0 spiro atoms. The van der Waals surface area contributed by atoms with Crippen molar-refractivity contribution in [3.05, 3.63) is 46.8 Å². The van der Waals surface area contributed by atoms with Gasteiger partial charge in [0.1, 0.15) is 0 Å². The second-order valence-electron chi connectivity index (χ2n) is 5.73. The third-order valence-corrected chi connectivity index (χ3v) is 3.91. The molecule has 1 atom stereocenters. The fourth-order valence-corrected chi connectivity index (χ4v) is 2.69. The number of rotatable bonds is 8. The van der Waals surface area contributed by atoms with Crippen LogP contribution in [0.15, 0.2) is 41.2 Å². The number of nitrogens with one attached hydrogen (secondary N) is 1. The summed E-state index contributed by atoms with van der Waals surface area (Å²) >= 11 is 0. The minimum Gasteiger partial charge on any atom is -0.314 e. The maximum absolute atomic E-state index is 12.1. The van der Waals surface area contributed by atoms with Gasteiger partial charge in [-0.1, -0.05) is 31.5 Å². The summed E-state index contributed by atoms with van der Waals surface area (Å²) in [4.78, 5) is 12.1. The van der Waals surface area contributed by atoms with E-state index in [1.807, 2.05) is 28.8 Å². The highest BCUT2D eigenvalue weighted by molar-refractivity contribution is 5.78. The van der Waals surface area contributed by atoms with Crippen molar-refractivity contribution in [2.45, 2.75) is 52.1 Å². The number of aromatic nitrogens is 1. The number of pyridine rings is 1. The lowest BCUT2D eigenvalue weighted by molar-refractivity contribution is 0.476. The van der Waals surface area contributed by atoms with Crippen molar-refractivity contribution in [3.63, 3.8) is 0 Å². The van der Waals surface area contributed by atoms with Gasteiger partial charge in [-0.15, -0.1) is 0 Å². The average Bonchev–Trinajstić information content (AvgIpc) is 2.51. The van der Waals surface area contributed by atoms with Crippen LogP contribution in [0.2, 0.25) is 0 Å². The Balaban J connectivity index is 1.92. The highest BCUT2D eigenvalue weighted by atomic mass is 16.1. The molecule has 0 aliphatic heterocycles. The van der Waals surface area contributed by atoms with Crippen LogP contribution in [0.4, 0.5) is 0 Å². The van der Waals surface area contributed by atoms with E-state index in [9.17, 15) is 4.79 Å². The Morgan fingerprint density at radius 3 is 2.76 bits per heavy atom. The average molecular weight is 286 g/mol. The van der Waals surface area contributed by atoms with E-state index in [0.29, 0.717) is 6.04 Å². The van der Waals surface area contributed by atoms with Crippen molar-refractivity contribution < 1.29 is 0 Å². The maximum Gasteiger partial charge on any atom is 0.251 e. The summed E-state index contributed by atoms with van der Waals surface area (Å²) < 4.78 is 1.90. The zero-order chi connectivity index (χ0) is 15.1. The van der Waals surface area contributed by atoms with Gasteiger partial charge in [0.05, 0.1) is 5.52 Å². The van der Waals surface area contributed by atoms with Crippen LogP contribution in [-0.4, -0.2) is 17.2 Å². The summed E-state index contributed by atoms with van der Waals surface area (Å²) in [7, 11) is 0. The standard InChI is InChI=1S/C18H26N2O/c1-3-13-19-15(2)8-6-7-14-20-17-10-5-4-9-16(17)11-12-18(20)21/h4-5,9-12,15,19H,3,6-8,13-14H2,1-2H3. The molecule has 1 heterocycles. The number of hydrogen-bond donors (Lipinski definition) is 1. The molecule has 3 nitrogen and oxygen atoms in total. The van der Waals surface area contributed by atoms with E-state index in [0.717, 1.165) is 36.8 Å². The number of benzene rings is 1. The third-order valence-electron chi connectivity index (χ3n) is 3.91. The predicted octanol–water partition coefficient (Wildman–Crippen LogP) is 3.56. The van der Waals surface area contributed by atoms with Gasteiger partial charge < -0.3 is 9.88 Å². The number of fused-ring (bicyclic) bond motifs is 1. The second-order valence-corrected chi connectivity index (χ2v) is 5.73. The molecule has 0 bridgehead atoms. The van der Waals surface area contributed by atoms with Crippen molar-refractivity contribution in [1.82, 2.24) is 9.88 Å². The molecule has 0 radical (unpaired) electrons. The van der Waals surface area contributed by atoms with Crippen molar-refractivity contribution in [1.29, 1.82) is 0 Å². The van der Waals surface area contributed by atoms with Gasteiger partial charge >= 0.3 is 0 Å². The fraction of sp³-hybridized carbons (Fsp3) is 0.500. The van der Waals surface area contributed by atoms with Gasteiger partial charge in [0, 0.05) is 18.7 Å². The minimum atomic E-state index is 0.103. The summed E-state index contributed by atoms with van der Waals surface area (Å²) in [6.45, 7) is 6.32. The normalized spacial score (nSPS) is 12.7. The van der Waals surface area contributed by atoms with Crippen LogP contribution < -0.4 is 10.9 Å². The number of para-hydroxylation sites is 1. The zero-order valence-electron chi connectivity index (χ0n) is 13.1. The van der Waals surface area contributed by atoms with E-state index in [1.54, 1.807) is 6.07 Å². The predicted molar refractivity (Wildman–Crippen MR) is 89.8 cm³/mol. The molecule has 0 fully saturated rings. The quantitative estimate of drug-likeness (QED) is 0.753. The lowest BCUT2D eigenvalue weighted by atomic mass is 10.1. The van der Waals surface area contributed by atoms with Crippen molar-refractivity contribution in [2.75, 3.05) is 6.54 Å². The molecule has 0 amide bonds. The van der Waals surface area contributed by atoms with Gasteiger partial charge in [0.2, 0.25) is 0 Å². The number of aryl methyl sites for hydroxylation is 1. The van der Waals surface area contributed by atoms with Gasteiger partial charge in [-0.25, -0.2) is 0 Å². The van der Waals surface area contributed by atoms with Crippen LogP contribution in [0.1, 0.15) is 39.5 Å². The summed E-state index contributed by atoms with van der Waals surface area (Å²) in [6, 6.07) is 12.2. The van der Waals surface area contributed by atoms with E-state index in [1.165, 1.54) is 12.8 Å². The Hall–Kier alpha value is -1.61. The second kappa shape index (κ2) is 7.99. The zero-order valence-corrected chi connectivity index (χ0v) is 13.1. The SMILES string of the molecule is CCCNC(C)CCCCn1c(=O)ccc2ccccc21. The lowest BCUT2D eigenvalue weighted by Gasteiger charge is -2.14. The molecule has 1 aromatic heterocycles. The Morgan fingerprint density at radius 2 is 1.95 bits per heavy atom. The molecule has 3 heteroatoms. The Labute approximate surface area is 127 Å². The van der Waals surface area contributed by atoms with E-state index in [-0.39, 0.29) is 5.56 Å². The van der Waals surface area contributed by atoms with Gasteiger partial charge in [0.15, 0.2) is 0 Å². The van der Waals surface area contributed by atoms with Crippen LogP contribution in [0.5, 0.6) is 0 Å². The highest BCUT2D eigenvalue weighted by Gasteiger charge is 2.04. The van der Waals surface area contributed by atoms with E-state index in [4.69, 9.17) is 0 Å². The van der Waals surface area contributed by atoms with Crippen molar-refractivity contribution in [3.8, 4) is 0 Å². The molecule has 1 aromatic carbocycles. The Morgan fingerprint density at radius 1 is 1.14 bits per heavy atom. The molecule has 0 saturated heterocycles. The number of unbranched alkanes of at least 4 members (excludes halogenated alkanes) is 1. The van der Waals surface area contributed by atoms with E-state index >= 15 is 0 Å². The van der Waals surface area contributed by atoms with E-state index < -0.39 is 0 Å². The fourth-order valence-electron chi connectivity index (χ4n) is 2.69. The highest BCUT2D eigenvalue weighted by Crippen LogP contribution is 2.12. The Bertz CT molecular complexity index is 618. The van der Waals surface area contributed by atoms with Gasteiger partial charge in [-0.2, -0.15) is 0 Å². The van der Waals surface area contributed by atoms with Crippen molar-refractivity contribution in [2.24, 2.45) is 0 Å². The largest absolute Gasteiger partial charge is 0.314 e. The first-order valence-corrected chi connectivity index (χ1v) is 8.04. The van der Waals surface area contributed by atoms with E-state index in [2.05, 4.69) is 25.2 Å². The third kappa shape index (κ3) is 4.43. The van der Waals surface area contributed by atoms with Gasteiger partial charge in [-0.3, -0.25) is 4.79 Å². The lowest BCUT2D eigenvalue weighted by Crippen LogP contribution is -2.26. The summed E-state index contributed by atoms with van der Waals surface area (Å²) in [5.41, 5.74) is 1.15. The Kier molecular flexibility index (Phi) is 6.00. The summed E-state index contributed by atoms with van der Waals surface area (Å²) in [5.74, 6) is 0. The van der Waals surface area contributed by atoms with Crippen LogP contribution in [0, 0.1) is 0 Å². The van der Waals surface area contributed by atoms with Crippen LogP contribution >= 0.6 is 0 Å². The maximum atomic E-state index is 12.1. The monoisotopic (exact) mass is 286 g/mol. The number of hydrogen-bond acceptors (Lipinski definition) is 2. The van der Waals surface area contributed by atoms with Crippen LogP contribution in [-0.2, 0) is 6.54 Å². The first kappa shape index (κ1) is 15.8. The molecule has 2 aromatic rings. The first-order valence-electron chi connectivity index (χ1n) is 8.04. The van der Waals surface area contributed by atoms with Crippen LogP contribution in [0.25, 0.3) is 10.9 Å². The molecule has 0 saturated carbocycles. The molecule has 114 valence electrons. The molecule has 1 unspecified atom stereocenters. The molecule has 21 heavy (non-hydrogen) atoms. The molecule has 2 rings (SSSR count). The topological polar surface area (TPSA) is 34.0 Å². The minimum absolute atomic E-state index is 0.103. The summed E-state index contributed by atoms with van der Waals surface area (Å²) in [5, 5.41) is 4.64. The summed E-state index contributed by atoms with van der Waals surface area (Å²) in [6.07, 6.45) is 4.54. The van der Waals surface area contributed by atoms with Crippen LogP contribution in [0.3, 0.4) is 0 Å². The number of nitrogens with zero attached hydrogens (tertiary/aromatic N) is 1. The first-order chi connectivity index (χ1) is 10.2. The molecule has 0 aliphatic carbocycles. The van der Waals surface area contributed by atoms with Gasteiger partial charge in [-0.05, 0) is 50.2 Å². The molecular weight excluding hydrogens is 260 g/mol. The van der Waals surface area contributed by atoms with Crippen molar-refractivity contribution >= 4 is 10.9 Å². The molecule has 1 N–H and O–H groups in total. The molecular formula is C18H26N2O. The smallest absolute Gasteiger partial charge is 0.251 e. The molecule has 0 aliphatic rings. The van der Waals surface area contributed by atoms with Gasteiger partial charge in [0.25, 0.3) is 5.56 Å².